The van der Waals surface area contributed by atoms with Crippen LogP contribution in [0.1, 0.15) is 5.56 Å². The molecule has 2 aromatic rings. The van der Waals surface area contributed by atoms with Gasteiger partial charge in [0.15, 0.2) is 19.7 Å². The fourth-order valence-corrected chi connectivity index (χ4v) is 8.26. The van der Waals surface area contributed by atoms with E-state index in [-0.39, 0.29) is 18.9 Å². The van der Waals surface area contributed by atoms with Gasteiger partial charge in [-0.1, -0.05) is 6.07 Å². The quantitative estimate of drug-likeness (QED) is 0.603. The van der Waals surface area contributed by atoms with Crippen LogP contribution in [0.15, 0.2) is 47.4 Å². The number of halogens is 1. The number of benzene rings is 2. The Morgan fingerprint density at radius 2 is 1.77 bits per heavy atom. The van der Waals surface area contributed by atoms with Crippen molar-refractivity contribution in [2.45, 2.75) is 23.1 Å². The minimum atomic E-state index is -4.18. The maximum Gasteiger partial charge on any atom is 0.186 e. The lowest BCUT2D eigenvalue weighted by Crippen LogP contribution is -2.44. The topological polar surface area (TPSA) is 98.8 Å². The smallest absolute Gasteiger partial charge is 0.186 e. The van der Waals surface area contributed by atoms with Crippen molar-refractivity contribution in [3.05, 3.63) is 53.8 Å². The molecule has 2 aromatic carbocycles. The van der Waals surface area contributed by atoms with Crippen molar-refractivity contribution in [2.24, 2.45) is 0 Å². The van der Waals surface area contributed by atoms with Crippen molar-refractivity contribution in [1.29, 1.82) is 0 Å². The van der Waals surface area contributed by atoms with Crippen molar-refractivity contribution >= 4 is 19.7 Å². The van der Waals surface area contributed by atoms with Crippen LogP contribution in [0.5, 0.6) is 11.5 Å². The zero-order valence-corrected chi connectivity index (χ0v) is 18.3. The monoisotopic (exact) mass is 457 g/mol. The highest BCUT2D eigenvalue weighted by Gasteiger charge is 2.46. The maximum absolute atomic E-state index is 14.2. The molecule has 1 saturated heterocycles. The largest absolute Gasteiger partial charge is 0.497 e. The molecular formula is C20H24FNO6S2. The molecule has 0 aliphatic carbocycles. The van der Waals surface area contributed by atoms with Gasteiger partial charge in [-0.3, -0.25) is 0 Å². The molecular weight excluding hydrogens is 433 g/mol. The van der Waals surface area contributed by atoms with Crippen LogP contribution in [0.3, 0.4) is 0 Å². The summed E-state index contributed by atoms with van der Waals surface area (Å²) in [6.45, 7) is 2.08. The second kappa shape index (κ2) is 8.91. The standard InChI is InChI=1S/C20H24FNO6S2/c1-14-3-8-17(21)19(11-14)30(25,26)20-13-29(23,24)12-18(20)22-9-10-28-16-6-4-15(27-2)5-7-16/h3-8,11,18,20,22H,9-10,12-13H2,1-2H3/t18-,20-/m0/s1. The number of methoxy groups -OCH3 is 1. The van der Waals surface area contributed by atoms with Crippen LogP contribution in [-0.4, -0.2) is 59.9 Å². The Kier molecular flexibility index (Phi) is 6.68. The Morgan fingerprint density at radius 1 is 1.10 bits per heavy atom. The summed E-state index contributed by atoms with van der Waals surface area (Å²) in [4.78, 5) is -0.467. The van der Waals surface area contributed by atoms with Crippen LogP contribution >= 0.6 is 0 Å². The van der Waals surface area contributed by atoms with Crippen LogP contribution in [0, 0.1) is 12.7 Å². The SMILES string of the molecule is COc1ccc(OCCN[C@H]2CS(=O)(=O)C[C@@H]2S(=O)(=O)c2cc(C)ccc2F)cc1. The first-order valence-electron chi connectivity index (χ1n) is 9.33. The first kappa shape index (κ1) is 22.5. The average molecular weight is 458 g/mol. The Morgan fingerprint density at radius 3 is 2.43 bits per heavy atom. The molecule has 1 fully saturated rings. The van der Waals surface area contributed by atoms with Crippen LogP contribution in [0.4, 0.5) is 4.39 Å². The molecule has 0 unspecified atom stereocenters. The normalized spacial score (nSPS) is 20.8. The van der Waals surface area contributed by atoms with E-state index in [1.54, 1.807) is 38.3 Å². The second-order valence-electron chi connectivity index (χ2n) is 7.18. The Labute approximate surface area is 176 Å². The molecule has 1 aliphatic heterocycles. The van der Waals surface area contributed by atoms with Gasteiger partial charge in [0.25, 0.3) is 0 Å². The molecule has 2 atom stereocenters. The maximum atomic E-state index is 14.2. The molecule has 0 saturated carbocycles. The molecule has 1 N–H and O–H groups in total. The zero-order valence-electron chi connectivity index (χ0n) is 16.7. The summed E-state index contributed by atoms with van der Waals surface area (Å²) in [6, 6.07) is 9.87. The van der Waals surface area contributed by atoms with E-state index in [0.717, 1.165) is 6.07 Å². The minimum Gasteiger partial charge on any atom is -0.497 e. The van der Waals surface area contributed by atoms with E-state index in [2.05, 4.69) is 5.32 Å². The lowest BCUT2D eigenvalue weighted by Gasteiger charge is -2.20. The molecule has 30 heavy (non-hydrogen) atoms. The molecule has 3 rings (SSSR count). The molecule has 164 valence electrons. The predicted octanol–water partition coefficient (Wildman–Crippen LogP) is 1.75. The fourth-order valence-electron chi connectivity index (χ4n) is 3.39. The van der Waals surface area contributed by atoms with Gasteiger partial charge in [-0.15, -0.1) is 0 Å². The van der Waals surface area contributed by atoms with E-state index in [4.69, 9.17) is 9.47 Å². The van der Waals surface area contributed by atoms with Crippen molar-refractivity contribution in [2.75, 3.05) is 31.8 Å². The number of hydrogen-bond acceptors (Lipinski definition) is 7. The first-order chi connectivity index (χ1) is 14.1. The van der Waals surface area contributed by atoms with Gasteiger partial charge in [0, 0.05) is 12.6 Å². The van der Waals surface area contributed by atoms with Crippen LogP contribution in [-0.2, 0) is 19.7 Å². The summed E-state index contributed by atoms with van der Waals surface area (Å²) in [5, 5.41) is 1.70. The molecule has 7 nitrogen and oxygen atoms in total. The van der Waals surface area contributed by atoms with Gasteiger partial charge in [0.1, 0.15) is 28.8 Å². The number of ether oxygens (including phenoxy) is 2. The van der Waals surface area contributed by atoms with Crippen molar-refractivity contribution < 1.29 is 30.7 Å². The lowest BCUT2D eigenvalue weighted by atomic mass is 10.2. The molecule has 0 spiro atoms. The number of nitrogens with one attached hydrogen (secondary N) is 1. The van der Waals surface area contributed by atoms with Crippen molar-refractivity contribution in [3.8, 4) is 11.5 Å². The van der Waals surface area contributed by atoms with E-state index < -0.39 is 47.4 Å². The molecule has 1 heterocycles. The summed E-state index contributed by atoms with van der Waals surface area (Å²) in [5.74, 6) is -0.464. The average Bonchev–Trinajstić information content (AvgIpc) is 3.03. The fraction of sp³-hybridized carbons (Fsp3) is 0.400. The van der Waals surface area contributed by atoms with Gasteiger partial charge in [-0.2, -0.15) is 0 Å². The van der Waals surface area contributed by atoms with E-state index >= 15 is 0 Å². The van der Waals surface area contributed by atoms with E-state index in [1.807, 2.05) is 0 Å². The van der Waals surface area contributed by atoms with Gasteiger partial charge < -0.3 is 14.8 Å². The van der Waals surface area contributed by atoms with Crippen LogP contribution in [0.25, 0.3) is 0 Å². The molecule has 0 amide bonds. The second-order valence-corrected chi connectivity index (χ2v) is 11.5. The Balaban J connectivity index is 1.69. The molecule has 10 heteroatoms. The number of sulfone groups is 2. The third kappa shape index (κ3) is 5.11. The van der Waals surface area contributed by atoms with E-state index in [0.29, 0.717) is 17.1 Å². The van der Waals surface area contributed by atoms with E-state index in [9.17, 15) is 21.2 Å². The van der Waals surface area contributed by atoms with Gasteiger partial charge in [0.2, 0.25) is 0 Å². The minimum absolute atomic E-state index is 0.203. The summed E-state index contributed by atoms with van der Waals surface area (Å²) in [7, 11) is -6.20. The molecule has 0 radical (unpaired) electrons. The molecule has 0 bridgehead atoms. The highest BCUT2D eigenvalue weighted by molar-refractivity contribution is 7.96. The Hall–Kier alpha value is -2.17. The predicted molar refractivity (Wildman–Crippen MR) is 111 cm³/mol. The summed E-state index contributed by atoms with van der Waals surface area (Å²) >= 11 is 0. The van der Waals surface area contributed by atoms with Gasteiger partial charge in [-0.05, 0) is 48.9 Å². The number of rotatable bonds is 8. The third-order valence-electron chi connectivity index (χ3n) is 4.93. The lowest BCUT2D eigenvalue weighted by molar-refractivity contribution is 0.306. The Bertz CT molecular complexity index is 1100. The highest BCUT2D eigenvalue weighted by Crippen LogP contribution is 2.28. The van der Waals surface area contributed by atoms with Crippen molar-refractivity contribution in [1.82, 2.24) is 5.32 Å². The summed E-state index contributed by atoms with van der Waals surface area (Å²) in [5.41, 5.74) is 0.577. The zero-order chi connectivity index (χ0) is 21.9. The number of aryl methyl sites for hydroxylation is 1. The van der Waals surface area contributed by atoms with Gasteiger partial charge in [-0.25, -0.2) is 21.2 Å². The van der Waals surface area contributed by atoms with Gasteiger partial charge in [0.05, 0.1) is 23.9 Å². The summed E-state index contributed by atoms with van der Waals surface area (Å²) < 4.78 is 75.2. The van der Waals surface area contributed by atoms with Crippen molar-refractivity contribution in [3.63, 3.8) is 0 Å². The first-order valence-corrected chi connectivity index (χ1v) is 12.7. The number of hydrogen-bond donors (Lipinski definition) is 1. The molecule has 1 aliphatic rings. The van der Waals surface area contributed by atoms with E-state index in [1.165, 1.54) is 12.1 Å². The third-order valence-corrected chi connectivity index (χ3v) is 9.09. The molecule has 0 aromatic heterocycles. The summed E-state index contributed by atoms with van der Waals surface area (Å²) in [6.07, 6.45) is 0. The van der Waals surface area contributed by atoms with Crippen LogP contribution in [0.2, 0.25) is 0 Å². The highest BCUT2D eigenvalue weighted by atomic mass is 32.2. The van der Waals surface area contributed by atoms with Crippen LogP contribution < -0.4 is 14.8 Å². The van der Waals surface area contributed by atoms with Gasteiger partial charge >= 0.3 is 0 Å².